The van der Waals surface area contributed by atoms with Crippen molar-refractivity contribution in [2.45, 2.75) is 33.1 Å². The Kier molecular flexibility index (Phi) is 7.92. The minimum absolute atomic E-state index is 0.473. The highest BCUT2D eigenvalue weighted by Gasteiger charge is 1.95. The molecule has 0 aromatic rings. The van der Waals surface area contributed by atoms with Crippen molar-refractivity contribution in [1.29, 1.82) is 5.26 Å². The van der Waals surface area contributed by atoms with Gasteiger partial charge in [0.1, 0.15) is 6.07 Å². The molecule has 0 atom stereocenters. The lowest BCUT2D eigenvalue weighted by Gasteiger charge is -1.95. The predicted octanol–water partition coefficient (Wildman–Crippen LogP) is 2.74. The van der Waals surface area contributed by atoms with Crippen molar-refractivity contribution in [3.63, 3.8) is 0 Å². The Bertz CT molecular complexity index is 174. The minimum Gasteiger partial charge on any atom is -0.321 e. The zero-order valence-electron chi connectivity index (χ0n) is 7.54. The first-order valence-corrected chi connectivity index (χ1v) is 5.01. The zero-order valence-corrected chi connectivity index (χ0v) is 8.36. The molecule has 68 valence electrons. The summed E-state index contributed by atoms with van der Waals surface area (Å²) in [4.78, 5) is 0. The van der Waals surface area contributed by atoms with Gasteiger partial charge in [-0.3, -0.25) is 0 Å². The third kappa shape index (κ3) is 6.05. The molecule has 0 saturated heterocycles. The Morgan fingerprint density at radius 3 is 2.75 bits per heavy atom. The van der Waals surface area contributed by atoms with E-state index in [1.807, 2.05) is 13.0 Å². The van der Waals surface area contributed by atoms with E-state index in [-0.39, 0.29) is 0 Å². The Balaban J connectivity index is 3.57. The van der Waals surface area contributed by atoms with Crippen LogP contribution in [-0.2, 0) is 4.28 Å². The second-order valence-corrected chi connectivity index (χ2v) is 3.09. The molecule has 0 fully saturated rings. The Labute approximate surface area is 78.0 Å². The van der Waals surface area contributed by atoms with Crippen molar-refractivity contribution in [2.75, 3.05) is 5.75 Å². The normalized spacial score (nSPS) is 10.9. The maximum Gasteiger partial charge on any atom is 0.158 e. The summed E-state index contributed by atoms with van der Waals surface area (Å²) in [5, 5.41) is 12.2. The van der Waals surface area contributed by atoms with E-state index in [4.69, 9.17) is 9.55 Å². The summed E-state index contributed by atoms with van der Waals surface area (Å²) >= 11 is 1.28. The largest absolute Gasteiger partial charge is 0.321 e. The van der Waals surface area contributed by atoms with Crippen LogP contribution in [0.5, 0.6) is 0 Å². The van der Waals surface area contributed by atoms with E-state index < -0.39 is 0 Å². The molecule has 0 heterocycles. The monoisotopic (exact) mass is 186 g/mol. The lowest BCUT2D eigenvalue weighted by atomic mass is 10.2. The minimum atomic E-state index is 0.473. The molecular weight excluding hydrogens is 172 g/mol. The number of hydrogen-bond donors (Lipinski definition) is 0. The van der Waals surface area contributed by atoms with Crippen molar-refractivity contribution in [2.24, 2.45) is 5.16 Å². The molecule has 0 N–H and O–H groups in total. The van der Waals surface area contributed by atoms with E-state index in [1.165, 1.54) is 12.0 Å². The first-order chi connectivity index (χ1) is 5.85. The van der Waals surface area contributed by atoms with Gasteiger partial charge >= 0.3 is 0 Å². The Morgan fingerprint density at radius 1 is 1.50 bits per heavy atom. The number of nitriles is 1. The van der Waals surface area contributed by atoms with Crippen LogP contribution in [0.4, 0.5) is 0 Å². The molecule has 3 nitrogen and oxygen atoms in total. The predicted molar refractivity (Wildman–Crippen MR) is 51.8 cm³/mol. The van der Waals surface area contributed by atoms with E-state index in [1.54, 1.807) is 0 Å². The van der Waals surface area contributed by atoms with Crippen LogP contribution in [0, 0.1) is 11.3 Å². The highest BCUT2D eigenvalue weighted by molar-refractivity contribution is 7.94. The molecule has 0 rings (SSSR count). The molecule has 0 aromatic heterocycles. The topological polar surface area (TPSA) is 45.4 Å². The summed E-state index contributed by atoms with van der Waals surface area (Å²) < 4.78 is 4.86. The first-order valence-electron chi connectivity index (χ1n) is 4.10. The van der Waals surface area contributed by atoms with E-state index in [9.17, 15) is 0 Å². The summed E-state index contributed by atoms with van der Waals surface area (Å²) in [7, 11) is 0. The molecule has 0 saturated carbocycles. The standard InChI is InChI=1S/C8H14N2OS/c1-3-5-8(7-9)10-11-12-6-4-2/h3-6H2,1-2H3. The SMILES string of the molecule is CCCSON=C(C#N)CCC. The molecule has 0 amide bonds. The van der Waals surface area contributed by atoms with Crippen LogP contribution < -0.4 is 0 Å². The summed E-state index contributed by atoms with van der Waals surface area (Å²) in [5.41, 5.74) is 0.473. The third-order valence-corrected chi connectivity index (χ3v) is 1.86. The fourth-order valence-electron chi connectivity index (χ4n) is 0.551. The maximum absolute atomic E-state index is 8.54. The second-order valence-electron chi connectivity index (χ2n) is 2.30. The Morgan fingerprint density at radius 2 is 2.25 bits per heavy atom. The molecule has 0 aliphatic carbocycles. The average Bonchev–Trinajstić information content (AvgIpc) is 2.10. The molecule has 0 aliphatic rings. The van der Waals surface area contributed by atoms with Crippen molar-refractivity contribution in [3.05, 3.63) is 0 Å². The van der Waals surface area contributed by atoms with Gasteiger partial charge in [0.25, 0.3) is 0 Å². The highest BCUT2D eigenvalue weighted by atomic mass is 32.2. The number of oxime groups is 1. The van der Waals surface area contributed by atoms with Crippen molar-refractivity contribution < 1.29 is 4.28 Å². The van der Waals surface area contributed by atoms with Gasteiger partial charge in [0.2, 0.25) is 0 Å². The molecular formula is C8H14N2OS. The van der Waals surface area contributed by atoms with E-state index in [2.05, 4.69) is 12.1 Å². The van der Waals surface area contributed by atoms with Crippen molar-refractivity contribution >= 4 is 17.8 Å². The second kappa shape index (κ2) is 8.41. The highest BCUT2D eigenvalue weighted by Crippen LogP contribution is 2.05. The first kappa shape index (κ1) is 11.3. The van der Waals surface area contributed by atoms with E-state index in [0.717, 1.165) is 18.6 Å². The molecule has 0 radical (unpaired) electrons. The van der Waals surface area contributed by atoms with Gasteiger partial charge in [0.15, 0.2) is 5.71 Å². The zero-order chi connectivity index (χ0) is 9.23. The van der Waals surface area contributed by atoms with Crippen LogP contribution in [-0.4, -0.2) is 11.5 Å². The summed E-state index contributed by atoms with van der Waals surface area (Å²) in [6.07, 6.45) is 2.67. The number of rotatable bonds is 6. The molecule has 12 heavy (non-hydrogen) atoms. The molecule has 0 unspecified atom stereocenters. The van der Waals surface area contributed by atoms with E-state index in [0.29, 0.717) is 12.1 Å². The van der Waals surface area contributed by atoms with Crippen LogP contribution in [0.1, 0.15) is 33.1 Å². The third-order valence-electron chi connectivity index (χ3n) is 1.10. The summed E-state index contributed by atoms with van der Waals surface area (Å²) in [5.74, 6) is 0.911. The van der Waals surface area contributed by atoms with Gasteiger partial charge in [-0.1, -0.05) is 19.0 Å². The average molecular weight is 186 g/mol. The van der Waals surface area contributed by atoms with Gasteiger partial charge in [0, 0.05) is 12.2 Å². The number of nitrogens with zero attached hydrogens (tertiary/aromatic N) is 2. The fraction of sp³-hybridized carbons (Fsp3) is 0.750. The smallest absolute Gasteiger partial charge is 0.158 e. The van der Waals surface area contributed by atoms with Gasteiger partial charge in [-0.15, -0.1) is 0 Å². The Hall–Kier alpha value is -0.690. The summed E-state index contributed by atoms with van der Waals surface area (Å²) in [6.45, 7) is 4.07. The molecule has 0 bridgehead atoms. The van der Waals surface area contributed by atoms with Crippen LogP contribution >= 0.6 is 12.0 Å². The van der Waals surface area contributed by atoms with E-state index >= 15 is 0 Å². The van der Waals surface area contributed by atoms with Gasteiger partial charge in [-0.05, 0) is 12.8 Å². The maximum atomic E-state index is 8.54. The van der Waals surface area contributed by atoms with Crippen LogP contribution in [0.15, 0.2) is 5.16 Å². The molecule has 0 aliphatic heterocycles. The van der Waals surface area contributed by atoms with Gasteiger partial charge < -0.3 is 4.28 Å². The van der Waals surface area contributed by atoms with Gasteiger partial charge in [0.05, 0.1) is 12.0 Å². The molecule has 4 heteroatoms. The lowest BCUT2D eigenvalue weighted by Crippen LogP contribution is -1.92. The quantitative estimate of drug-likeness (QED) is 0.277. The van der Waals surface area contributed by atoms with Crippen LogP contribution in [0.3, 0.4) is 0 Å². The van der Waals surface area contributed by atoms with Gasteiger partial charge in [-0.2, -0.15) is 5.26 Å². The van der Waals surface area contributed by atoms with Crippen molar-refractivity contribution in [3.8, 4) is 6.07 Å². The molecule has 0 aromatic carbocycles. The number of hydrogen-bond acceptors (Lipinski definition) is 4. The molecule has 0 spiro atoms. The fourth-order valence-corrected chi connectivity index (χ4v) is 0.935. The lowest BCUT2D eigenvalue weighted by molar-refractivity contribution is 0.404. The summed E-state index contributed by atoms with van der Waals surface area (Å²) in [6, 6.07) is 1.99. The van der Waals surface area contributed by atoms with Gasteiger partial charge in [-0.25, -0.2) is 0 Å². The van der Waals surface area contributed by atoms with Crippen LogP contribution in [0.2, 0.25) is 0 Å². The van der Waals surface area contributed by atoms with Crippen molar-refractivity contribution in [1.82, 2.24) is 0 Å². The van der Waals surface area contributed by atoms with Crippen LogP contribution in [0.25, 0.3) is 0 Å².